The van der Waals surface area contributed by atoms with E-state index in [4.69, 9.17) is 0 Å². The lowest BCUT2D eigenvalue weighted by molar-refractivity contribution is -0.113. The number of aryl methyl sites for hydroxylation is 1. The van der Waals surface area contributed by atoms with Crippen LogP contribution in [0.15, 0.2) is 83.7 Å². The number of thiazole rings is 1. The average Bonchev–Trinajstić information content (AvgIpc) is 3.46. The Morgan fingerprint density at radius 1 is 0.848 bits per heavy atom. The lowest BCUT2D eigenvalue weighted by Gasteiger charge is -2.17. The van der Waals surface area contributed by atoms with E-state index in [2.05, 4.69) is 10.1 Å². The molecule has 0 atom stereocenters. The highest BCUT2D eigenvalue weighted by molar-refractivity contribution is 7.15. The van der Waals surface area contributed by atoms with E-state index in [-0.39, 0.29) is 11.5 Å². The molecule has 160 valence electrons. The number of amides is 1. The zero-order valence-electron chi connectivity index (χ0n) is 17.7. The second-order valence-corrected chi connectivity index (χ2v) is 8.93. The molecule has 0 fully saturated rings. The summed E-state index contributed by atoms with van der Waals surface area (Å²) in [6, 6.07) is 25.2. The third-order valence-electron chi connectivity index (χ3n) is 5.88. The predicted molar refractivity (Wildman–Crippen MR) is 129 cm³/mol. The van der Waals surface area contributed by atoms with Crippen LogP contribution in [0.2, 0.25) is 0 Å². The van der Waals surface area contributed by atoms with Crippen molar-refractivity contribution in [2.24, 2.45) is 0 Å². The van der Waals surface area contributed by atoms with E-state index in [0.29, 0.717) is 27.4 Å². The Balaban J connectivity index is 1.52. The Labute approximate surface area is 193 Å². The third kappa shape index (κ3) is 3.08. The van der Waals surface area contributed by atoms with Crippen molar-refractivity contribution in [3.8, 4) is 11.4 Å². The van der Waals surface area contributed by atoms with E-state index < -0.39 is 0 Å². The molecule has 7 heteroatoms. The topological polar surface area (TPSA) is 67.6 Å². The number of anilines is 1. The van der Waals surface area contributed by atoms with Gasteiger partial charge < -0.3 is 4.90 Å². The van der Waals surface area contributed by atoms with E-state index in [1.165, 1.54) is 15.9 Å². The molecule has 0 aliphatic carbocycles. The van der Waals surface area contributed by atoms with Crippen molar-refractivity contribution in [3.63, 3.8) is 0 Å². The summed E-state index contributed by atoms with van der Waals surface area (Å²) in [5.74, 6) is 0.331. The minimum Gasteiger partial charge on any atom is -0.303 e. The number of para-hydroxylation sites is 1. The van der Waals surface area contributed by atoms with Crippen LogP contribution in [0.3, 0.4) is 0 Å². The molecule has 5 aromatic rings. The smallest absolute Gasteiger partial charge is 0.291 e. The summed E-state index contributed by atoms with van der Waals surface area (Å²) in [6.07, 6.45) is 0. The first-order valence-electron chi connectivity index (χ1n) is 10.6. The van der Waals surface area contributed by atoms with Crippen molar-refractivity contribution in [1.29, 1.82) is 0 Å². The van der Waals surface area contributed by atoms with Crippen LogP contribution in [-0.4, -0.2) is 20.5 Å². The van der Waals surface area contributed by atoms with Crippen molar-refractivity contribution in [2.45, 2.75) is 13.5 Å². The monoisotopic (exact) mass is 450 g/mol. The molecule has 2 aromatic heterocycles. The number of aromatic nitrogens is 3. The molecule has 6 rings (SSSR count). The van der Waals surface area contributed by atoms with Crippen LogP contribution in [0.5, 0.6) is 0 Å². The van der Waals surface area contributed by atoms with Gasteiger partial charge in [-0.2, -0.15) is 9.50 Å². The van der Waals surface area contributed by atoms with Crippen LogP contribution in [0.1, 0.15) is 16.7 Å². The van der Waals surface area contributed by atoms with Crippen molar-refractivity contribution >= 4 is 33.5 Å². The average molecular weight is 451 g/mol. The van der Waals surface area contributed by atoms with Gasteiger partial charge in [0.1, 0.15) is 4.53 Å². The van der Waals surface area contributed by atoms with Gasteiger partial charge in [-0.3, -0.25) is 9.59 Å². The first-order valence-corrected chi connectivity index (χ1v) is 11.4. The number of carbonyl (C=O) groups excluding carboxylic acids is 1. The summed E-state index contributed by atoms with van der Waals surface area (Å²) in [7, 11) is 0. The summed E-state index contributed by atoms with van der Waals surface area (Å²) >= 11 is 1.21. The van der Waals surface area contributed by atoms with E-state index >= 15 is 0 Å². The largest absolute Gasteiger partial charge is 0.303 e. The fraction of sp³-hybridized carbons (Fsp3) is 0.0769. The molecule has 0 bridgehead atoms. The number of fused-ring (bicyclic) bond motifs is 2. The Morgan fingerprint density at radius 2 is 1.55 bits per heavy atom. The van der Waals surface area contributed by atoms with Gasteiger partial charge in [0, 0.05) is 11.1 Å². The Hall–Kier alpha value is -4.10. The molecule has 0 unspecified atom stereocenters. The van der Waals surface area contributed by atoms with Crippen molar-refractivity contribution in [3.05, 3.63) is 110 Å². The Bertz CT molecular complexity index is 1650. The van der Waals surface area contributed by atoms with Gasteiger partial charge in [0.05, 0.1) is 17.8 Å². The molecule has 0 N–H and O–H groups in total. The second kappa shape index (κ2) is 7.50. The number of benzene rings is 3. The molecule has 0 saturated carbocycles. The standard InChI is InChI=1S/C26H18N4O2S/c1-16-9-5-6-12-18(16)23-27-26-30(28-23)25(32)22(33-26)21-19-13-7-8-14-20(19)29(24(21)31)15-17-10-3-2-4-11-17/h2-14H,15H2,1H3/b22-21+. The van der Waals surface area contributed by atoms with Crippen LogP contribution in [0.25, 0.3) is 21.9 Å². The first kappa shape index (κ1) is 19.6. The van der Waals surface area contributed by atoms with Gasteiger partial charge in [-0.25, -0.2) is 0 Å². The van der Waals surface area contributed by atoms with Gasteiger partial charge in [0.25, 0.3) is 11.5 Å². The highest BCUT2D eigenvalue weighted by Crippen LogP contribution is 2.36. The molecule has 0 radical (unpaired) electrons. The van der Waals surface area contributed by atoms with Crippen LogP contribution in [0, 0.1) is 6.92 Å². The summed E-state index contributed by atoms with van der Waals surface area (Å²) in [6.45, 7) is 2.42. The van der Waals surface area contributed by atoms with Crippen LogP contribution < -0.4 is 15.0 Å². The lowest BCUT2D eigenvalue weighted by Crippen LogP contribution is -2.32. The highest BCUT2D eigenvalue weighted by atomic mass is 32.1. The minimum atomic E-state index is -0.318. The highest BCUT2D eigenvalue weighted by Gasteiger charge is 2.34. The van der Waals surface area contributed by atoms with Gasteiger partial charge >= 0.3 is 0 Å². The Morgan fingerprint density at radius 3 is 2.30 bits per heavy atom. The summed E-state index contributed by atoms with van der Waals surface area (Å²) in [5.41, 5.74) is 4.62. The number of hydrogen-bond donors (Lipinski definition) is 0. The van der Waals surface area contributed by atoms with Gasteiger partial charge in [-0.05, 0) is 24.1 Å². The van der Waals surface area contributed by atoms with E-state index in [9.17, 15) is 9.59 Å². The molecule has 33 heavy (non-hydrogen) atoms. The maximum absolute atomic E-state index is 13.6. The van der Waals surface area contributed by atoms with Crippen LogP contribution in [-0.2, 0) is 11.3 Å². The summed E-state index contributed by atoms with van der Waals surface area (Å²) < 4.78 is 1.68. The van der Waals surface area contributed by atoms with Crippen molar-refractivity contribution in [2.75, 3.05) is 4.90 Å². The number of hydrogen-bond acceptors (Lipinski definition) is 5. The minimum absolute atomic E-state index is 0.180. The van der Waals surface area contributed by atoms with Crippen LogP contribution >= 0.6 is 11.3 Å². The maximum Gasteiger partial charge on any atom is 0.291 e. The zero-order valence-corrected chi connectivity index (χ0v) is 18.5. The number of rotatable bonds is 3. The first-order chi connectivity index (χ1) is 16.1. The molecule has 0 saturated heterocycles. The van der Waals surface area contributed by atoms with Gasteiger partial charge in [0.2, 0.25) is 4.96 Å². The molecule has 1 amide bonds. The van der Waals surface area contributed by atoms with Gasteiger partial charge in [-0.15, -0.1) is 5.10 Å². The zero-order chi connectivity index (χ0) is 22.5. The maximum atomic E-state index is 13.6. The quantitative estimate of drug-likeness (QED) is 0.421. The van der Waals surface area contributed by atoms with Crippen LogP contribution in [0.4, 0.5) is 5.69 Å². The molecular formula is C26H18N4O2S. The van der Waals surface area contributed by atoms with Gasteiger partial charge in [-0.1, -0.05) is 84.1 Å². The molecule has 1 aliphatic rings. The normalized spacial score (nSPS) is 14.8. The molecule has 3 aromatic carbocycles. The second-order valence-electron chi connectivity index (χ2n) is 7.95. The summed E-state index contributed by atoms with van der Waals surface area (Å²) in [5, 5.41) is 4.47. The van der Waals surface area contributed by atoms with E-state index in [1.807, 2.05) is 85.8 Å². The third-order valence-corrected chi connectivity index (χ3v) is 6.91. The summed E-state index contributed by atoms with van der Waals surface area (Å²) in [4.78, 5) is 33.7. The predicted octanol–water partition coefficient (Wildman–Crippen LogP) is 3.59. The number of carbonyl (C=O) groups is 1. The molecular weight excluding hydrogens is 432 g/mol. The fourth-order valence-corrected chi connectivity index (χ4v) is 5.24. The van der Waals surface area contributed by atoms with Crippen molar-refractivity contribution < 1.29 is 4.79 Å². The molecule has 1 aliphatic heterocycles. The molecule has 0 spiro atoms. The van der Waals surface area contributed by atoms with Gasteiger partial charge in [0.15, 0.2) is 5.82 Å². The van der Waals surface area contributed by atoms with Crippen molar-refractivity contribution in [1.82, 2.24) is 14.6 Å². The lowest BCUT2D eigenvalue weighted by atomic mass is 10.1. The molecule has 3 heterocycles. The Kier molecular flexibility index (Phi) is 4.45. The SMILES string of the molecule is Cc1ccccc1-c1nc2s/c(=C3/C(=O)N(Cc4ccccc4)c4ccccc43)c(=O)n2n1. The van der Waals surface area contributed by atoms with E-state index in [1.54, 1.807) is 4.90 Å². The fourth-order valence-electron chi connectivity index (χ4n) is 4.25. The molecule has 6 nitrogen and oxygen atoms in total. The van der Waals surface area contributed by atoms with E-state index in [0.717, 1.165) is 27.9 Å². The number of nitrogens with zero attached hydrogens (tertiary/aromatic N) is 4.